The van der Waals surface area contributed by atoms with Gasteiger partial charge in [-0.2, -0.15) is 0 Å². The van der Waals surface area contributed by atoms with Crippen LogP contribution in [0.1, 0.15) is 207 Å². The van der Waals surface area contributed by atoms with Crippen LogP contribution in [0.2, 0.25) is 0 Å². The van der Waals surface area contributed by atoms with Crippen molar-refractivity contribution in [1.29, 1.82) is 0 Å². The van der Waals surface area contributed by atoms with Gasteiger partial charge >= 0.3 is 17.9 Å². The average Bonchev–Trinajstić information content (AvgIpc) is 3.24. The van der Waals surface area contributed by atoms with Crippen molar-refractivity contribution < 1.29 is 28.6 Å². The van der Waals surface area contributed by atoms with E-state index >= 15 is 0 Å². The van der Waals surface area contributed by atoms with E-state index in [0.717, 1.165) is 83.5 Å². The first-order valence-electron chi connectivity index (χ1n) is 24.3. The van der Waals surface area contributed by atoms with Gasteiger partial charge in [0.2, 0.25) is 0 Å². The molecule has 0 aliphatic heterocycles. The minimum absolute atomic E-state index is 0.115. The Kier molecular flexibility index (Phi) is 45.1. The lowest BCUT2D eigenvalue weighted by Gasteiger charge is -2.18. The quantitative estimate of drug-likeness (QED) is 0.0200. The van der Waals surface area contributed by atoms with Crippen LogP contribution in [0.15, 0.2) is 97.2 Å². The fraction of sp³-hybridized carbons (Fsp3) is 0.648. The van der Waals surface area contributed by atoms with Crippen LogP contribution in [0.25, 0.3) is 0 Å². The zero-order valence-electron chi connectivity index (χ0n) is 38.7. The molecule has 1 unspecified atom stereocenters. The first-order chi connectivity index (χ1) is 29.5. The van der Waals surface area contributed by atoms with Crippen LogP contribution >= 0.6 is 0 Å². The summed E-state index contributed by atoms with van der Waals surface area (Å²) in [4.78, 5) is 37.8. The smallest absolute Gasteiger partial charge is 0.306 e. The van der Waals surface area contributed by atoms with Crippen molar-refractivity contribution in [2.75, 3.05) is 13.2 Å². The Balaban J connectivity index is 4.47. The zero-order valence-corrected chi connectivity index (χ0v) is 38.7. The molecular formula is C54H88O6. The minimum atomic E-state index is -0.820. The molecule has 0 amide bonds. The number of esters is 3. The number of hydrogen-bond acceptors (Lipinski definition) is 6. The second kappa shape index (κ2) is 48.0. The van der Waals surface area contributed by atoms with Crippen molar-refractivity contribution in [3.05, 3.63) is 97.2 Å². The normalized spacial score (nSPS) is 12.9. The van der Waals surface area contributed by atoms with Gasteiger partial charge in [-0.3, -0.25) is 14.4 Å². The first kappa shape index (κ1) is 56.3. The summed E-state index contributed by atoms with van der Waals surface area (Å²) in [6.45, 7) is 6.27. The van der Waals surface area contributed by atoms with Gasteiger partial charge in [0, 0.05) is 19.3 Å². The van der Waals surface area contributed by atoms with Crippen molar-refractivity contribution in [1.82, 2.24) is 0 Å². The Morgan fingerprint density at radius 3 is 1.32 bits per heavy atom. The summed E-state index contributed by atoms with van der Waals surface area (Å²) >= 11 is 0. The highest BCUT2D eigenvalue weighted by molar-refractivity contribution is 5.71. The summed E-state index contributed by atoms with van der Waals surface area (Å²) < 4.78 is 16.6. The fourth-order valence-electron chi connectivity index (χ4n) is 6.29. The van der Waals surface area contributed by atoms with E-state index < -0.39 is 6.10 Å². The lowest BCUT2D eigenvalue weighted by atomic mass is 10.1. The molecule has 0 aromatic heterocycles. The molecule has 340 valence electrons. The number of unbranched alkanes of at least 4 members (excludes halogenated alkanes) is 18. The fourth-order valence-corrected chi connectivity index (χ4v) is 6.29. The largest absolute Gasteiger partial charge is 0.462 e. The van der Waals surface area contributed by atoms with Crippen LogP contribution in [0, 0.1) is 0 Å². The summed E-state index contributed by atoms with van der Waals surface area (Å²) in [5, 5.41) is 0. The molecule has 0 spiro atoms. The highest BCUT2D eigenvalue weighted by Gasteiger charge is 2.19. The maximum absolute atomic E-state index is 12.7. The molecule has 0 fully saturated rings. The van der Waals surface area contributed by atoms with Crippen molar-refractivity contribution in [2.45, 2.75) is 213 Å². The molecule has 6 nitrogen and oxygen atoms in total. The third kappa shape index (κ3) is 45.4. The molecule has 0 aliphatic carbocycles. The molecule has 0 saturated heterocycles. The van der Waals surface area contributed by atoms with Crippen molar-refractivity contribution in [2.24, 2.45) is 0 Å². The molecule has 0 bridgehead atoms. The lowest BCUT2D eigenvalue weighted by Crippen LogP contribution is -2.30. The van der Waals surface area contributed by atoms with Gasteiger partial charge in [-0.15, -0.1) is 0 Å². The third-order valence-electron chi connectivity index (χ3n) is 9.90. The van der Waals surface area contributed by atoms with Crippen molar-refractivity contribution in [3.8, 4) is 0 Å². The number of carbonyl (C=O) groups excluding carboxylic acids is 3. The minimum Gasteiger partial charge on any atom is -0.462 e. The number of carbonyl (C=O) groups is 3. The van der Waals surface area contributed by atoms with Crippen molar-refractivity contribution in [3.63, 3.8) is 0 Å². The van der Waals surface area contributed by atoms with Crippen molar-refractivity contribution >= 4 is 17.9 Å². The molecule has 0 N–H and O–H groups in total. The Morgan fingerprint density at radius 2 is 0.750 bits per heavy atom. The molecule has 6 heteroatoms. The first-order valence-corrected chi connectivity index (χ1v) is 24.3. The molecular weight excluding hydrogens is 745 g/mol. The van der Waals surface area contributed by atoms with Crippen LogP contribution in [0.3, 0.4) is 0 Å². The van der Waals surface area contributed by atoms with E-state index in [9.17, 15) is 14.4 Å². The molecule has 0 aromatic carbocycles. The van der Waals surface area contributed by atoms with Crippen LogP contribution < -0.4 is 0 Å². The summed E-state index contributed by atoms with van der Waals surface area (Å²) in [6.07, 6.45) is 62.6. The topological polar surface area (TPSA) is 78.9 Å². The second-order valence-electron chi connectivity index (χ2n) is 15.7. The highest BCUT2D eigenvalue weighted by atomic mass is 16.6. The number of ether oxygens (including phenoxy) is 3. The van der Waals surface area contributed by atoms with E-state index in [-0.39, 0.29) is 44.0 Å². The maximum Gasteiger partial charge on any atom is 0.306 e. The summed E-state index contributed by atoms with van der Waals surface area (Å²) in [5.41, 5.74) is 0. The van der Waals surface area contributed by atoms with E-state index in [1.807, 2.05) is 36.5 Å². The van der Waals surface area contributed by atoms with Crippen LogP contribution in [0.4, 0.5) is 0 Å². The molecule has 0 aromatic rings. The number of allylic oxidation sites excluding steroid dienone is 16. The van der Waals surface area contributed by atoms with E-state index in [1.165, 1.54) is 70.6 Å². The van der Waals surface area contributed by atoms with Crippen LogP contribution in [0.5, 0.6) is 0 Å². The van der Waals surface area contributed by atoms with E-state index in [2.05, 4.69) is 81.5 Å². The van der Waals surface area contributed by atoms with Gasteiger partial charge in [-0.25, -0.2) is 0 Å². The molecule has 0 rings (SSSR count). The second-order valence-corrected chi connectivity index (χ2v) is 15.7. The van der Waals surface area contributed by atoms with Gasteiger partial charge in [0.05, 0.1) is 0 Å². The Labute approximate surface area is 368 Å². The molecule has 1 atom stereocenters. The highest BCUT2D eigenvalue weighted by Crippen LogP contribution is 2.13. The Hall–Kier alpha value is -3.67. The van der Waals surface area contributed by atoms with Gasteiger partial charge in [0.15, 0.2) is 6.10 Å². The Bertz CT molecular complexity index is 1230. The lowest BCUT2D eigenvalue weighted by molar-refractivity contribution is -0.167. The van der Waals surface area contributed by atoms with E-state index in [1.54, 1.807) is 0 Å². The van der Waals surface area contributed by atoms with E-state index in [4.69, 9.17) is 14.2 Å². The van der Waals surface area contributed by atoms with Crippen LogP contribution in [-0.4, -0.2) is 37.2 Å². The average molecular weight is 833 g/mol. The monoisotopic (exact) mass is 833 g/mol. The molecule has 0 saturated carbocycles. The summed E-state index contributed by atoms with van der Waals surface area (Å²) in [6, 6.07) is 0. The van der Waals surface area contributed by atoms with E-state index in [0.29, 0.717) is 19.3 Å². The standard InChI is InChI=1S/C54H88O6/c1-4-7-10-13-16-19-22-24-25-26-27-28-30-32-35-38-41-44-47-53(56)59-50-51(49-58-52(55)46-43-40-37-34-31-21-18-15-12-9-6-3)60-54(57)48-45-42-39-36-33-29-23-20-17-14-11-8-5-2/h8-9,11-12,14,17-18,20-21,23,27-29,33-34,37,51H,4-7,10,13,15-16,19,22,24-26,30-32,35-36,38-50H2,1-3H3/b11-8-,12-9-,17-14-,21-18-,23-20-,28-27-,33-29-,37-34-. The SMILES string of the molecule is CC\C=C/C=C\C=C/C=C\CCCCCC(=O)OC(COC(=O)CCC/C=C\C/C=C\C/C=C\CC)COC(=O)CCCCCCC/C=C\CCCCCCCCCCC. The summed E-state index contributed by atoms with van der Waals surface area (Å²) in [5.74, 6) is -1.03. The molecule has 0 radical (unpaired) electrons. The Morgan fingerprint density at radius 1 is 0.367 bits per heavy atom. The van der Waals surface area contributed by atoms with Gasteiger partial charge in [-0.05, 0) is 89.9 Å². The molecule has 0 aliphatic rings. The predicted octanol–water partition coefficient (Wildman–Crippen LogP) is 15.8. The predicted molar refractivity (Wildman–Crippen MR) is 256 cm³/mol. The number of rotatable bonds is 42. The van der Waals surface area contributed by atoms with Gasteiger partial charge in [0.1, 0.15) is 13.2 Å². The van der Waals surface area contributed by atoms with Gasteiger partial charge in [0.25, 0.3) is 0 Å². The van der Waals surface area contributed by atoms with Gasteiger partial charge < -0.3 is 14.2 Å². The summed E-state index contributed by atoms with van der Waals surface area (Å²) in [7, 11) is 0. The molecule has 0 heterocycles. The molecule has 60 heavy (non-hydrogen) atoms. The maximum atomic E-state index is 12.7. The van der Waals surface area contributed by atoms with Gasteiger partial charge in [-0.1, -0.05) is 195 Å². The zero-order chi connectivity index (χ0) is 43.7. The third-order valence-corrected chi connectivity index (χ3v) is 9.90. The number of hydrogen-bond donors (Lipinski definition) is 0. The van der Waals surface area contributed by atoms with Crippen LogP contribution in [-0.2, 0) is 28.6 Å².